The predicted molar refractivity (Wildman–Crippen MR) is 61.5 cm³/mol. The molecule has 1 aromatic carbocycles. The fourth-order valence-electron chi connectivity index (χ4n) is 1.20. The fraction of sp³-hybridized carbons (Fsp3) is 0.100. The van der Waals surface area contributed by atoms with E-state index in [1.807, 2.05) is 6.07 Å². The number of aromatic nitrogens is 1. The van der Waals surface area contributed by atoms with Gasteiger partial charge >= 0.3 is 0 Å². The van der Waals surface area contributed by atoms with E-state index in [4.69, 9.17) is 39.3 Å². The van der Waals surface area contributed by atoms with Gasteiger partial charge in [0.2, 0.25) is 0 Å². The molecular formula is C10H6Cl3NO. The number of rotatable bonds is 2. The minimum atomic E-state index is 0.307. The van der Waals surface area contributed by atoms with Gasteiger partial charge in [-0.25, -0.2) is 0 Å². The van der Waals surface area contributed by atoms with E-state index < -0.39 is 0 Å². The fourth-order valence-corrected chi connectivity index (χ4v) is 1.72. The number of benzene rings is 1. The molecule has 0 atom stereocenters. The highest BCUT2D eigenvalue weighted by atomic mass is 35.5. The molecule has 15 heavy (non-hydrogen) atoms. The minimum Gasteiger partial charge on any atom is -0.356 e. The first kappa shape index (κ1) is 10.8. The van der Waals surface area contributed by atoms with Crippen LogP contribution in [0.25, 0.3) is 11.3 Å². The Morgan fingerprint density at radius 3 is 2.73 bits per heavy atom. The van der Waals surface area contributed by atoms with Gasteiger partial charge in [-0.15, -0.1) is 11.6 Å². The van der Waals surface area contributed by atoms with E-state index in [-0.39, 0.29) is 0 Å². The van der Waals surface area contributed by atoms with Gasteiger partial charge in [-0.1, -0.05) is 34.4 Å². The van der Waals surface area contributed by atoms with Crippen molar-refractivity contribution in [3.05, 3.63) is 40.0 Å². The Labute approximate surface area is 102 Å². The van der Waals surface area contributed by atoms with Gasteiger partial charge in [-0.05, 0) is 12.1 Å². The van der Waals surface area contributed by atoms with E-state index in [9.17, 15) is 0 Å². The SMILES string of the molecule is ClCc1cc(-c2cccc(Cl)c2Cl)on1. The molecule has 0 radical (unpaired) electrons. The second-order valence-corrected chi connectivity index (χ2v) is 3.97. The first-order chi connectivity index (χ1) is 7.22. The third kappa shape index (κ3) is 2.12. The van der Waals surface area contributed by atoms with E-state index in [1.54, 1.807) is 18.2 Å². The van der Waals surface area contributed by atoms with Gasteiger partial charge in [0.15, 0.2) is 5.76 Å². The molecule has 0 aliphatic carbocycles. The van der Waals surface area contributed by atoms with Crippen molar-refractivity contribution in [2.75, 3.05) is 0 Å². The summed E-state index contributed by atoms with van der Waals surface area (Å²) in [6.07, 6.45) is 0. The molecule has 1 aromatic heterocycles. The smallest absolute Gasteiger partial charge is 0.168 e. The Balaban J connectivity index is 2.49. The molecule has 0 N–H and O–H groups in total. The Bertz CT molecular complexity index is 481. The van der Waals surface area contributed by atoms with Crippen LogP contribution in [0, 0.1) is 0 Å². The van der Waals surface area contributed by atoms with Gasteiger partial charge < -0.3 is 4.52 Å². The monoisotopic (exact) mass is 261 g/mol. The number of hydrogen-bond acceptors (Lipinski definition) is 2. The van der Waals surface area contributed by atoms with Crippen molar-refractivity contribution in [3.63, 3.8) is 0 Å². The Kier molecular flexibility index (Phi) is 3.19. The Morgan fingerprint density at radius 2 is 2.07 bits per heavy atom. The Morgan fingerprint density at radius 1 is 1.27 bits per heavy atom. The van der Waals surface area contributed by atoms with Crippen molar-refractivity contribution in [1.29, 1.82) is 0 Å². The first-order valence-electron chi connectivity index (χ1n) is 4.18. The van der Waals surface area contributed by atoms with E-state index in [1.165, 1.54) is 0 Å². The number of halogens is 3. The van der Waals surface area contributed by atoms with Crippen LogP contribution in [0.3, 0.4) is 0 Å². The molecule has 2 nitrogen and oxygen atoms in total. The van der Waals surface area contributed by atoms with Gasteiger partial charge in [0.25, 0.3) is 0 Å². The lowest BCUT2D eigenvalue weighted by atomic mass is 10.1. The van der Waals surface area contributed by atoms with Crippen LogP contribution >= 0.6 is 34.8 Å². The van der Waals surface area contributed by atoms with Crippen molar-refractivity contribution in [2.24, 2.45) is 0 Å². The molecule has 78 valence electrons. The highest BCUT2D eigenvalue weighted by Gasteiger charge is 2.11. The quantitative estimate of drug-likeness (QED) is 0.750. The van der Waals surface area contributed by atoms with Crippen LogP contribution in [0.5, 0.6) is 0 Å². The van der Waals surface area contributed by atoms with Crippen molar-refractivity contribution < 1.29 is 4.52 Å². The predicted octanol–water partition coefficient (Wildman–Crippen LogP) is 4.39. The lowest BCUT2D eigenvalue weighted by molar-refractivity contribution is 0.426. The summed E-state index contributed by atoms with van der Waals surface area (Å²) in [6.45, 7) is 0. The first-order valence-corrected chi connectivity index (χ1v) is 5.47. The standard InChI is InChI=1S/C10H6Cl3NO/c11-5-6-4-9(15-14-6)7-2-1-3-8(12)10(7)13/h1-4H,5H2. The summed E-state index contributed by atoms with van der Waals surface area (Å²) in [4.78, 5) is 0. The zero-order chi connectivity index (χ0) is 10.8. The van der Waals surface area contributed by atoms with Crippen molar-refractivity contribution >= 4 is 34.8 Å². The molecule has 2 rings (SSSR count). The van der Waals surface area contributed by atoms with Gasteiger partial charge in [0, 0.05) is 11.6 Å². The van der Waals surface area contributed by atoms with Crippen LogP contribution in [0.1, 0.15) is 5.69 Å². The topological polar surface area (TPSA) is 26.0 Å². The van der Waals surface area contributed by atoms with E-state index >= 15 is 0 Å². The minimum absolute atomic E-state index is 0.307. The van der Waals surface area contributed by atoms with Crippen LogP contribution in [-0.4, -0.2) is 5.16 Å². The second kappa shape index (κ2) is 4.44. The van der Waals surface area contributed by atoms with Gasteiger partial charge in [0.05, 0.1) is 21.6 Å². The third-order valence-corrected chi connectivity index (χ3v) is 3.01. The Hall–Kier alpha value is -0.700. The van der Waals surface area contributed by atoms with E-state index in [0.717, 1.165) is 0 Å². The van der Waals surface area contributed by atoms with Crippen LogP contribution in [-0.2, 0) is 5.88 Å². The molecule has 0 spiro atoms. The molecule has 0 amide bonds. The molecule has 0 saturated heterocycles. The van der Waals surface area contributed by atoms with Crippen LogP contribution < -0.4 is 0 Å². The molecule has 1 heterocycles. The van der Waals surface area contributed by atoms with Crippen molar-refractivity contribution in [2.45, 2.75) is 5.88 Å². The highest BCUT2D eigenvalue weighted by Crippen LogP contribution is 2.33. The van der Waals surface area contributed by atoms with Crippen LogP contribution in [0.2, 0.25) is 10.0 Å². The van der Waals surface area contributed by atoms with E-state index in [0.29, 0.717) is 32.9 Å². The second-order valence-electron chi connectivity index (χ2n) is 2.92. The number of nitrogens with zero attached hydrogens (tertiary/aromatic N) is 1. The van der Waals surface area contributed by atoms with E-state index in [2.05, 4.69) is 5.16 Å². The highest BCUT2D eigenvalue weighted by molar-refractivity contribution is 6.43. The number of hydrogen-bond donors (Lipinski definition) is 0. The molecule has 0 bridgehead atoms. The summed E-state index contributed by atoms with van der Waals surface area (Å²) >= 11 is 17.5. The van der Waals surface area contributed by atoms with Gasteiger partial charge in [-0.2, -0.15) is 0 Å². The normalized spacial score (nSPS) is 10.6. The zero-order valence-electron chi connectivity index (χ0n) is 7.51. The molecule has 2 aromatic rings. The molecule has 0 unspecified atom stereocenters. The summed E-state index contributed by atoms with van der Waals surface area (Å²) < 4.78 is 5.10. The summed E-state index contributed by atoms with van der Waals surface area (Å²) in [5.74, 6) is 0.875. The number of alkyl halides is 1. The van der Waals surface area contributed by atoms with Gasteiger partial charge in [-0.3, -0.25) is 0 Å². The maximum absolute atomic E-state index is 6.03. The lowest BCUT2D eigenvalue weighted by Gasteiger charge is -2.00. The molecule has 0 fully saturated rings. The summed E-state index contributed by atoms with van der Waals surface area (Å²) in [5.41, 5.74) is 1.38. The van der Waals surface area contributed by atoms with Crippen molar-refractivity contribution in [1.82, 2.24) is 5.16 Å². The maximum Gasteiger partial charge on any atom is 0.168 e. The van der Waals surface area contributed by atoms with Crippen LogP contribution in [0.15, 0.2) is 28.8 Å². The molecule has 0 aliphatic heterocycles. The molecular weight excluding hydrogens is 256 g/mol. The average molecular weight is 263 g/mol. The molecule has 0 saturated carbocycles. The lowest BCUT2D eigenvalue weighted by Crippen LogP contribution is -1.77. The van der Waals surface area contributed by atoms with Crippen molar-refractivity contribution in [3.8, 4) is 11.3 Å². The molecule has 5 heteroatoms. The largest absolute Gasteiger partial charge is 0.356 e. The summed E-state index contributed by atoms with van der Waals surface area (Å²) in [5, 5.41) is 4.71. The maximum atomic E-state index is 6.03. The average Bonchev–Trinajstić information content (AvgIpc) is 2.70. The van der Waals surface area contributed by atoms with Crippen LogP contribution in [0.4, 0.5) is 0 Å². The summed E-state index contributed by atoms with van der Waals surface area (Å²) in [6, 6.07) is 7.07. The molecule has 0 aliphatic rings. The van der Waals surface area contributed by atoms with Gasteiger partial charge in [0.1, 0.15) is 0 Å². The third-order valence-electron chi connectivity index (χ3n) is 1.91. The zero-order valence-corrected chi connectivity index (χ0v) is 9.77. The summed E-state index contributed by atoms with van der Waals surface area (Å²) in [7, 11) is 0.